The molecule has 0 radical (unpaired) electrons. The molecule has 0 aromatic heterocycles. The summed E-state index contributed by atoms with van der Waals surface area (Å²) >= 11 is 0. The van der Waals surface area contributed by atoms with Gasteiger partial charge in [0.2, 0.25) is 0 Å². The molecule has 0 unspecified atom stereocenters. The van der Waals surface area contributed by atoms with Crippen LogP contribution in [0.4, 0.5) is 4.79 Å². The molecule has 5 heteroatoms. The van der Waals surface area contributed by atoms with Crippen LogP contribution in [0.25, 0.3) is 0 Å². The lowest BCUT2D eigenvalue weighted by Crippen LogP contribution is -2.49. The summed E-state index contributed by atoms with van der Waals surface area (Å²) in [6, 6.07) is 0. The lowest BCUT2D eigenvalue weighted by Gasteiger charge is -2.31. The second-order valence-corrected chi connectivity index (χ2v) is 4.85. The minimum absolute atomic E-state index is 0.0960. The summed E-state index contributed by atoms with van der Waals surface area (Å²) in [6.07, 6.45) is 0.860. The van der Waals surface area contributed by atoms with Crippen molar-refractivity contribution in [3.05, 3.63) is 0 Å². The van der Waals surface area contributed by atoms with Gasteiger partial charge in [0.15, 0.2) is 6.23 Å². The van der Waals surface area contributed by atoms with Crippen molar-refractivity contribution < 1.29 is 19.0 Å². The first-order valence-electron chi connectivity index (χ1n) is 5.56. The van der Waals surface area contributed by atoms with Gasteiger partial charge >= 0.3 is 6.09 Å². The van der Waals surface area contributed by atoms with E-state index in [2.05, 4.69) is 5.32 Å². The molecule has 1 amide bonds. The third-order valence-corrected chi connectivity index (χ3v) is 2.23. The van der Waals surface area contributed by atoms with Gasteiger partial charge in [-0.1, -0.05) is 0 Å². The molecular weight excluding hydrogens is 210 g/mol. The Kier molecular flexibility index (Phi) is 4.56. The van der Waals surface area contributed by atoms with Gasteiger partial charge in [-0.3, -0.25) is 5.32 Å². The standard InChI is InChI=1S/C11H21NO4/c1-11(2,3)16-10(13)12-9-8(14-4)6-5-7-15-9/h8-9H,5-7H2,1-4H3,(H,12,13)/t8-,9+/m1/s1. The highest BCUT2D eigenvalue weighted by atomic mass is 16.6. The van der Waals surface area contributed by atoms with Gasteiger partial charge in [0.25, 0.3) is 0 Å². The molecule has 1 fully saturated rings. The number of ether oxygens (including phenoxy) is 3. The lowest BCUT2D eigenvalue weighted by atomic mass is 10.1. The molecule has 16 heavy (non-hydrogen) atoms. The van der Waals surface area contributed by atoms with Crippen molar-refractivity contribution >= 4 is 6.09 Å². The number of nitrogens with one attached hydrogen (secondary N) is 1. The van der Waals surface area contributed by atoms with E-state index in [1.54, 1.807) is 7.11 Å². The number of methoxy groups -OCH3 is 1. The zero-order valence-electron chi connectivity index (χ0n) is 10.4. The van der Waals surface area contributed by atoms with E-state index in [9.17, 15) is 4.79 Å². The molecule has 1 aliphatic heterocycles. The predicted molar refractivity (Wildman–Crippen MR) is 59.1 cm³/mol. The van der Waals surface area contributed by atoms with Crippen molar-refractivity contribution in [1.82, 2.24) is 5.32 Å². The first-order chi connectivity index (χ1) is 7.42. The van der Waals surface area contributed by atoms with E-state index in [0.29, 0.717) is 6.61 Å². The van der Waals surface area contributed by atoms with E-state index >= 15 is 0 Å². The zero-order valence-corrected chi connectivity index (χ0v) is 10.4. The summed E-state index contributed by atoms with van der Waals surface area (Å²) in [5.41, 5.74) is -0.499. The minimum Gasteiger partial charge on any atom is -0.444 e. The molecule has 94 valence electrons. The average Bonchev–Trinajstić information content (AvgIpc) is 2.15. The number of hydrogen-bond acceptors (Lipinski definition) is 4. The molecular formula is C11H21NO4. The van der Waals surface area contributed by atoms with E-state index in [-0.39, 0.29) is 6.10 Å². The molecule has 0 aromatic carbocycles. The molecule has 0 bridgehead atoms. The van der Waals surface area contributed by atoms with E-state index < -0.39 is 17.9 Å². The maximum atomic E-state index is 11.5. The van der Waals surface area contributed by atoms with Crippen LogP contribution < -0.4 is 5.32 Å². The van der Waals surface area contributed by atoms with Gasteiger partial charge < -0.3 is 14.2 Å². The Morgan fingerprint density at radius 1 is 1.44 bits per heavy atom. The van der Waals surface area contributed by atoms with Crippen LogP contribution in [-0.4, -0.2) is 37.7 Å². The fraction of sp³-hybridized carbons (Fsp3) is 0.909. The molecule has 2 atom stereocenters. The summed E-state index contributed by atoms with van der Waals surface area (Å²) in [7, 11) is 1.61. The molecule has 1 saturated heterocycles. The van der Waals surface area contributed by atoms with Gasteiger partial charge in [0, 0.05) is 13.7 Å². The maximum absolute atomic E-state index is 11.5. The first kappa shape index (κ1) is 13.3. The SMILES string of the molecule is CO[C@@H]1CCCO[C@@H]1NC(=O)OC(C)(C)C. The van der Waals surface area contributed by atoms with E-state index in [0.717, 1.165) is 12.8 Å². The highest BCUT2D eigenvalue weighted by Gasteiger charge is 2.28. The molecule has 1 N–H and O–H groups in total. The molecule has 0 aromatic rings. The summed E-state index contributed by atoms with van der Waals surface area (Å²) in [5, 5.41) is 2.67. The van der Waals surface area contributed by atoms with Gasteiger partial charge in [-0.2, -0.15) is 0 Å². The second-order valence-electron chi connectivity index (χ2n) is 4.85. The number of amides is 1. The summed E-state index contributed by atoms with van der Waals surface area (Å²) < 4.78 is 15.8. The van der Waals surface area contributed by atoms with Crippen LogP contribution in [0.1, 0.15) is 33.6 Å². The zero-order chi connectivity index (χ0) is 12.2. The minimum atomic E-state index is -0.499. The average molecular weight is 231 g/mol. The Hall–Kier alpha value is -0.810. The van der Waals surface area contributed by atoms with E-state index in [4.69, 9.17) is 14.2 Å². The van der Waals surface area contributed by atoms with Crippen LogP contribution in [0.15, 0.2) is 0 Å². The Morgan fingerprint density at radius 3 is 2.69 bits per heavy atom. The van der Waals surface area contributed by atoms with E-state index in [1.165, 1.54) is 0 Å². The number of rotatable bonds is 2. The van der Waals surface area contributed by atoms with Gasteiger partial charge in [-0.15, -0.1) is 0 Å². The highest BCUT2D eigenvalue weighted by Crippen LogP contribution is 2.15. The van der Waals surface area contributed by atoms with Crippen LogP contribution in [0.2, 0.25) is 0 Å². The molecule has 0 spiro atoms. The van der Waals surface area contributed by atoms with Gasteiger partial charge in [-0.05, 0) is 33.6 Å². The Bertz CT molecular complexity index is 237. The van der Waals surface area contributed by atoms with Crippen molar-refractivity contribution in [1.29, 1.82) is 0 Å². The largest absolute Gasteiger partial charge is 0.444 e. The number of hydrogen-bond donors (Lipinski definition) is 1. The van der Waals surface area contributed by atoms with Crippen LogP contribution in [0.5, 0.6) is 0 Å². The van der Waals surface area contributed by atoms with Gasteiger partial charge in [0.05, 0.1) is 0 Å². The Morgan fingerprint density at radius 2 is 2.12 bits per heavy atom. The quantitative estimate of drug-likeness (QED) is 0.785. The topological polar surface area (TPSA) is 56.8 Å². The molecule has 1 heterocycles. The van der Waals surface area contributed by atoms with Gasteiger partial charge in [-0.25, -0.2) is 4.79 Å². The summed E-state index contributed by atoms with van der Waals surface area (Å²) in [6.45, 7) is 6.10. The van der Waals surface area contributed by atoms with Crippen LogP contribution >= 0.6 is 0 Å². The molecule has 0 aliphatic carbocycles. The fourth-order valence-corrected chi connectivity index (χ4v) is 1.55. The molecule has 5 nitrogen and oxygen atoms in total. The lowest BCUT2D eigenvalue weighted by molar-refractivity contribution is -0.105. The number of carbonyl (C=O) groups is 1. The van der Waals surface area contributed by atoms with Crippen molar-refractivity contribution in [2.24, 2.45) is 0 Å². The molecule has 1 rings (SSSR count). The van der Waals surface area contributed by atoms with Crippen molar-refractivity contribution in [3.8, 4) is 0 Å². The number of alkyl carbamates (subject to hydrolysis) is 1. The molecule has 1 aliphatic rings. The summed E-state index contributed by atoms with van der Waals surface area (Å²) in [5.74, 6) is 0. The highest BCUT2D eigenvalue weighted by molar-refractivity contribution is 5.67. The second kappa shape index (κ2) is 5.50. The first-order valence-corrected chi connectivity index (χ1v) is 5.56. The van der Waals surface area contributed by atoms with Crippen molar-refractivity contribution in [2.45, 2.75) is 51.5 Å². The smallest absolute Gasteiger partial charge is 0.409 e. The Labute approximate surface area is 96.4 Å². The van der Waals surface area contributed by atoms with E-state index in [1.807, 2.05) is 20.8 Å². The predicted octanol–water partition coefficient (Wildman–Crippen LogP) is 1.66. The third-order valence-electron chi connectivity index (χ3n) is 2.23. The van der Waals surface area contributed by atoms with Crippen LogP contribution in [0.3, 0.4) is 0 Å². The normalized spacial score (nSPS) is 26.2. The Balaban J connectivity index is 2.42. The summed E-state index contributed by atoms with van der Waals surface area (Å²) in [4.78, 5) is 11.5. The fourth-order valence-electron chi connectivity index (χ4n) is 1.55. The van der Waals surface area contributed by atoms with Crippen LogP contribution in [-0.2, 0) is 14.2 Å². The van der Waals surface area contributed by atoms with Crippen molar-refractivity contribution in [2.75, 3.05) is 13.7 Å². The van der Waals surface area contributed by atoms with Gasteiger partial charge in [0.1, 0.15) is 11.7 Å². The maximum Gasteiger partial charge on any atom is 0.409 e. The third kappa shape index (κ3) is 4.37. The van der Waals surface area contributed by atoms with Crippen LogP contribution in [0, 0.1) is 0 Å². The van der Waals surface area contributed by atoms with Crippen molar-refractivity contribution in [3.63, 3.8) is 0 Å². The number of carbonyl (C=O) groups excluding carboxylic acids is 1. The monoisotopic (exact) mass is 231 g/mol. The molecule has 0 saturated carbocycles.